The monoisotopic (exact) mass is 250 g/mol. The molecular weight excluding hydrogens is 232 g/mol. The third-order valence-corrected chi connectivity index (χ3v) is 2.36. The number of nitrogens with one attached hydrogen (secondary N) is 1. The zero-order chi connectivity index (χ0) is 13.8. The van der Waals surface area contributed by atoms with E-state index < -0.39 is 5.97 Å². The summed E-state index contributed by atoms with van der Waals surface area (Å²) in [6, 6.07) is 2.92. The molecule has 0 unspecified atom stereocenters. The third-order valence-electron chi connectivity index (χ3n) is 2.36. The Kier molecular flexibility index (Phi) is 4.42. The molecule has 1 heterocycles. The number of amides is 1. The molecule has 0 aliphatic rings. The van der Waals surface area contributed by atoms with Gasteiger partial charge in [0.25, 0.3) is 0 Å². The molecule has 1 aromatic heterocycles. The number of hydrogen-bond acceptors (Lipinski definition) is 3. The van der Waals surface area contributed by atoms with Gasteiger partial charge in [0.05, 0.1) is 0 Å². The number of aromatic nitrogens is 1. The summed E-state index contributed by atoms with van der Waals surface area (Å²) in [7, 11) is 0. The Hall–Kier alpha value is -1.91. The Bertz CT molecular complexity index is 450. The summed E-state index contributed by atoms with van der Waals surface area (Å²) in [5.74, 6) is -1.23. The van der Waals surface area contributed by atoms with Gasteiger partial charge in [0.1, 0.15) is 5.69 Å². The summed E-state index contributed by atoms with van der Waals surface area (Å²) in [4.78, 5) is 26.1. The second-order valence-corrected chi connectivity index (χ2v) is 5.34. The van der Waals surface area contributed by atoms with Crippen LogP contribution < -0.4 is 5.32 Å². The second kappa shape index (κ2) is 5.62. The van der Waals surface area contributed by atoms with Gasteiger partial charge in [-0.1, -0.05) is 20.8 Å². The van der Waals surface area contributed by atoms with E-state index in [1.165, 1.54) is 12.3 Å². The van der Waals surface area contributed by atoms with Gasteiger partial charge in [-0.25, -0.2) is 9.78 Å². The van der Waals surface area contributed by atoms with E-state index in [0.29, 0.717) is 12.1 Å². The van der Waals surface area contributed by atoms with E-state index in [-0.39, 0.29) is 17.0 Å². The molecule has 0 bridgehead atoms. The molecule has 0 atom stereocenters. The van der Waals surface area contributed by atoms with Gasteiger partial charge in [0, 0.05) is 18.3 Å². The van der Waals surface area contributed by atoms with Crippen LogP contribution in [0.25, 0.3) is 0 Å². The standard InChI is InChI=1S/C13H18N2O3/c1-13(2,3)6-4-11(16)15-9-5-7-14-10(8-9)12(17)18/h5,7-8H,4,6H2,1-3H3,(H,17,18)(H,14,15,16). The fourth-order valence-electron chi connectivity index (χ4n) is 1.34. The average molecular weight is 250 g/mol. The lowest BCUT2D eigenvalue weighted by Gasteiger charge is -2.17. The first-order valence-corrected chi connectivity index (χ1v) is 5.77. The number of carboxylic acid groups (broad SMARTS) is 1. The molecule has 0 aromatic carbocycles. The lowest BCUT2D eigenvalue weighted by Crippen LogP contribution is -2.16. The lowest BCUT2D eigenvalue weighted by molar-refractivity contribution is -0.116. The van der Waals surface area contributed by atoms with E-state index >= 15 is 0 Å². The van der Waals surface area contributed by atoms with Crippen LogP contribution in [0.5, 0.6) is 0 Å². The predicted octanol–water partition coefficient (Wildman–Crippen LogP) is 2.54. The van der Waals surface area contributed by atoms with Crippen LogP contribution in [0, 0.1) is 5.41 Å². The summed E-state index contributed by atoms with van der Waals surface area (Å²) >= 11 is 0. The number of carbonyl (C=O) groups is 2. The Morgan fingerprint density at radius 1 is 1.39 bits per heavy atom. The highest BCUT2D eigenvalue weighted by Crippen LogP contribution is 2.21. The van der Waals surface area contributed by atoms with Gasteiger partial charge in [-0.15, -0.1) is 0 Å². The maximum atomic E-state index is 11.7. The molecule has 2 N–H and O–H groups in total. The van der Waals surface area contributed by atoms with Crippen molar-refractivity contribution in [2.45, 2.75) is 33.6 Å². The van der Waals surface area contributed by atoms with Crippen LogP contribution in [0.1, 0.15) is 44.1 Å². The van der Waals surface area contributed by atoms with Crippen molar-refractivity contribution in [2.24, 2.45) is 5.41 Å². The topological polar surface area (TPSA) is 79.3 Å². The van der Waals surface area contributed by atoms with Gasteiger partial charge in [0.15, 0.2) is 0 Å². The summed E-state index contributed by atoms with van der Waals surface area (Å²) in [6.07, 6.45) is 2.55. The third kappa shape index (κ3) is 4.95. The average Bonchev–Trinajstić information content (AvgIpc) is 2.26. The zero-order valence-electron chi connectivity index (χ0n) is 10.9. The van der Waals surface area contributed by atoms with Crippen LogP contribution in [0.15, 0.2) is 18.3 Å². The number of anilines is 1. The van der Waals surface area contributed by atoms with Crippen LogP contribution >= 0.6 is 0 Å². The van der Waals surface area contributed by atoms with Crippen molar-refractivity contribution in [2.75, 3.05) is 5.32 Å². The van der Waals surface area contributed by atoms with Crippen LogP contribution in [-0.4, -0.2) is 22.0 Å². The van der Waals surface area contributed by atoms with Crippen molar-refractivity contribution in [3.63, 3.8) is 0 Å². The Balaban J connectivity index is 2.59. The highest BCUT2D eigenvalue weighted by Gasteiger charge is 2.13. The Morgan fingerprint density at radius 3 is 2.61 bits per heavy atom. The number of carbonyl (C=O) groups excluding carboxylic acids is 1. The fourth-order valence-corrected chi connectivity index (χ4v) is 1.34. The van der Waals surface area contributed by atoms with Crippen molar-refractivity contribution in [3.8, 4) is 0 Å². The summed E-state index contributed by atoms with van der Waals surface area (Å²) < 4.78 is 0. The molecule has 0 fully saturated rings. The normalized spacial score (nSPS) is 11.1. The molecule has 0 saturated carbocycles. The molecule has 0 radical (unpaired) electrons. The van der Waals surface area contributed by atoms with Crippen molar-refractivity contribution in [1.82, 2.24) is 4.98 Å². The van der Waals surface area contributed by atoms with Gasteiger partial charge >= 0.3 is 5.97 Å². The van der Waals surface area contributed by atoms with Gasteiger partial charge in [-0.3, -0.25) is 4.79 Å². The minimum absolute atomic E-state index is 0.0800. The molecule has 1 aromatic rings. The fraction of sp³-hybridized carbons (Fsp3) is 0.462. The van der Waals surface area contributed by atoms with E-state index in [2.05, 4.69) is 31.1 Å². The molecule has 0 aliphatic carbocycles. The molecule has 5 nitrogen and oxygen atoms in total. The number of hydrogen-bond donors (Lipinski definition) is 2. The maximum Gasteiger partial charge on any atom is 0.354 e. The Labute approximate surface area is 106 Å². The summed E-state index contributed by atoms with van der Waals surface area (Å²) in [6.45, 7) is 6.19. The quantitative estimate of drug-likeness (QED) is 0.860. The van der Waals surface area contributed by atoms with E-state index in [1.807, 2.05) is 0 Å². The SMILES string of the molecule is CC(C)(C)CCC(=O)Nc1ccnc(C(=O)O)c1. The molecule has 1 amide bonds. The first-order valence-electron chi connectivity index (χ1n) is 5.77. The number of aromatic carboxylic acids is 1. The molecule has 0 saturated heterocycles. The van der Waals surface area contributed by atoms with Gasteiger partial charge in [0.2, 0.25) is 5.91 Å². The van der Waals surface area contributed by atoms with E-state index in [4.69, 9.17) is 5.11 Å². The summed E-state index contributed by atoms with van der Waals surface area (Å²) in [5.41, 5.74) is 0.479. The van der Waals surface area contributed by atoms with Gasteiger partial charge < -0.3 is 10.4 Å². The van der Waals surface area contributed by atoms with Gasteiger partial charge in [-0.2, -0.15) is 0 Å². The van der Waals surface area contributed by atoms with Crippen molar-refractivity contribution in [1.29, 1.82) is 0 Å². The smallest absolute Gasteiger partial charge is 0.354 e. The highest BCUT2D eigenvalue weighted by atomic mass is 16.4. The van der Waals surface area contributed by atoms with Crippen LogP contribution in [0.4, 0.5) is 5.69 Å². The minimum Gasteiger partial charge on any atom is -0.477 e. The maximum absolute atomic E-state index is 11.7. The number of rotatable bonds is 4. The molecule has 18 heavy (non-hydrogen) atoms. The van der Waals surface area contributed by atoms with Crippen LogP contribution in [0.3, 0.4) is 0 Å². The Morgan fingerprint density at radius 2 is 2.06 bits per heavy atom. The van der Waals surface area contributed by atoms with E-state index in [0.717, 1.165) is 6.42 Å². The molecule has 98 valence electrons. The summed E-state index contributed by atoms with van der Waals surface area (Å²) in [5, 5.41) is 11.4. The van der Waals surface area contributed by atoms with Crippen LogP contribution in [0.2, 0.25) is 0 Å². The first-order chi connectivity index (χ1) is 8.28. The second-order valence-electron chi connectivity index (χ2n) is 5.34. The molecule has 0 aliphatic heterocycles. The molecule has 1 rings (SSSR count). The van der Waals surface area contributed by atoms with Crippen LogP contribution in [-0.2, 0) is 4.79 Å². The molecule has 0 spiro atoms. The zero-order valence-corrected chi connectivity index (χ0v) is 10.9. The predicted molar refractivity (Wildman–Crippen MR) is 68.5 cm³/mol. The van der Waals surface area contributed by atoms with Crippen molar-refractivity contribution < 1.29 is 14.7 Å². The lowest BCUT2D eigenvalue weighted by atomic mass is 9.90. The van der Waals surface area contributed by atoms with E-state index in [9.17, 15) is 9.59 Å². The molecular formula is C13H18N2O3. The number of carboxylic acids is 1. The molecule has 5 heteroatoms. The first kappa shape index (κ1) is 14.2. The van der Waals surface area contributed by atoms with Crippen molar-refractivity contribution >= 4 is 17.6 Å². The number of nitrogens with zero attached hydrogens (tertiary/aromatic N) is 1. The minimum atomic E-state index is -1.11. The van der Waals surface area contributed by atoms with Crippen molar-refractivity contribution in [3.05, 3.63) is 24.0 Å². The number of pyridine rings is 1. The largest absolute Gasteiger partial charge is 0.477 e. The van der Waals surface area contributed by atoms with Gasteiger partial charge in [-0.05, 0) is 24.0 Å². The van der Waals surface area contributed by atoms with E-state index in [1.54, 1.807) is 6.07 Å². The highest BCUT2D eigenvalue weighted by molar-refractivity contribution is 5.92.